The third kappa shape index (κ3) is 4.26. The molecule has 1 amide bonds. The van der Waals surface area contributed by atoms with Gasteiger partial charge in [0.15, 0.2) is 0 Å². The Morgan fingerprint density at radius 3 is 2.50 bits per heavy atom. The van der Waals surface area contributed by atoms with Gasteiger partial charge in [-0.15, -0.1) is 12.4 Å². The molecule has 24 heavy (non-hydrogen) atoms. The molecule has 1 aromatic carbocycles. The quantitative estimate of drug-likeness (QED) is 0.775. The van der Waals surface area contributed by atoms with E-state index in [1.54, 1.807) is 0 Å². The molecule has 1 aromatic rings. The fourth-order valence-corrected chi connectivity index (χ4v) is 3.90. The van der Waals surface area contributed by atoms with Crippen LogP contribution in [0.25, 0.3) is 0 Å². The summed E-state index contributed by atoms with van der Waals surface area (Å²) < 4.78 is 13.2. The van der Waals surface area contributed by atoms with E-state index < -0.39 is 6.10 Å². The predicted octanol–water partition coefficient (Wildman–Crippen LogP) is 2.29. The highest BCUT2D eigenvalue weighted by molar-refractivity contribution is 5.85. The van der Waals surface area contributed by atoms with Crippen molar-refractivity contribution >= 4 is 18.3 Å². The lowest BCUT2D eigenvalue weighted by Gasteiger charge is -2.38. The number of amides is 1. The summed E-state index contributed by atoms with van der Waals surface area (Å²) in [6.07, 6.45) is 5.54. The standard InChI is InChI=1S/C18H25FN2O2.ClH/c19-14-6-4-13(5-7-14)18(8-2-1-3-9-18)12-21-17(23)16-10-15(22)11-20-16;/h4-7,15-16,20,22H,1-3,8-12H2,(H,21,23);1H. The van der Waals surface area contributed by atoms with Gasteiger partial charge in [0.2, 0.25) is 5.91 Å². The molecule has 2 fully saturated rings. The van der Waals surface area contributed by atoms with Crippen LogP contribution in [0.2, 0.25) is 0 Å². The van der Waals surface area contributed by atoms with Crippen LogP contribution in [-0.4, -0.2) is 36.2 Å². The molecule has 1 saturated heterocycles. The van der Waals surface area contributed by atoms with E-state index in [4.69, 9.17) is 0 Å². The zero-order valence-electron chi connectivity index (χ0n) is 13.8. The summed E-state index contributed by atoms with van der Waals surface area (Å²) in [7, 11) is 0. The van der Waals surface area contributed by atoms with E-state index in [0.717, 1.165) is 31.2 Å². The maximum Gasteiger partial charge on any atom is 0.237 e. The minimum Gasteiger partial charge on any atom is -0.392 e. The van der Waals surface area contributed by atoms with Crippen molar-refractivity contribution in [3.8, 4) is 0 Å². The summed E-state index contributed by atoms with van der Waals surface area (Å²) in [6.45, 7) is 1.05. The second-order valence-electron chi connectivity index (χ2n) is 6.92. The molecular formula is C18H26ClFN2O2. The molecule has 0 spiro atoms. The Bertz CT molecular complexity index is 546. The smallest absolute Gasteiger partial charge is 0.237 e. The van der Waals surface area contributed by atoms with Gasteiger partial charge in [-0.1, -0.05) is 31.4 Å². The number of β-amino-alcohol motifs (C(OH)–C–C–N with tert-alkyl or cyclic N) is 1. The van der Waals surface area contributed by atoms with Crippen molar-refractivity contribution in [1.82, 2.24) is 10.6 Å². The average Bonchev–Trinajstić information content (AvgIpc) is 3.01. The molecule has 3 N–H and O–H groups in total. The number of carbonyl (C=O) groups is 1. The maximum atomic E-state index is 13.2. The molecule has 2 aliphatic rings. The van der Waals surface area contributed by atoms with Crippen molar-refractivity contribution in [3.63, 3.8) is 0 Å². The van der Waals surface area contributed by atoms with Gasteiger partial charge in [-0.3, -0.25) is 4.79 Å². The topological polar surface area (TPSA) is 61.4 Å². The van der Waals surface area contributed by atoms with Crippen LogP contribution < -0.4 is 10.6 Å². The number of benzene rings is 1. The van der Waals surface area contributed by atoms with E-state index in [-0.39, 0.29) is 35.6 Å². The largest absolute Gasteiger partial charge is 0.392 e. The Balaban J connectivity index is 0.00000208. The first-order valence-corrected chi connectivity index (χ1v) is 8.54. The Morgan fingerprint density at radius 1 is 1.25 bits per heavy atom. The lowest BCUT2D eigenvalue weighted by atomic mass is 9.69. The minimum atomic E-state index is -0.438. The fourth-order valence-electron chi connectivity index (χ4n) is 3.90. The zero-order chi connectivity index (χ0) is 16.3. The highest BCUT2D eigenvalue weighted by atomic mass is 35.5. The van der Waals surface area contributed by atoms with Crippen LogP contribution in [0.15, 0.2) is 24.3 Å². The van der Waals surface area contributed by atoms with Crippen molar-refractivity contribution < 1.29 is 14.3 Å². The first-order valence-electron chi connectivity index (χ1n) is 8.54. The van der Waals surface area contributed by atoms with Crippen LogP contribution in [0.5, 0.6) is 0 Å². The van der Waals surface area contributed by atoms with Crippen LogP contribution in [0.1, 0.15) is 44.1 Å². The van der Waals surface area contributed by atoms with E-state index >= 15 is 0 Å². The monoisotopic (exact) mass is 356 g/mol. The van der Waals surface area contributed by atoms with E-state index in [1.807, 2.05) is 12.1 Å². The van der Waals surface area contributed by atoms with Gasteiger partial charge in [-0.2, -0.15) is 0 Å². The Hall–Kier alpha value is -1.17. The van der Waals surface area contributed by atoms with Crippen LogP contribution in [0.3, 0.4) is 0 Å². The van der Waals surface area contributed by atoms with E-state index in [0.29, 0.717) is 19.5 Å². The van der Waals surface area contributed by atoms with Gasteiger partial charge >= 0.3 is 0 Å². The lowest BCUT2D eigenvalue weighted by molar-refractivity contribution is -0.123. The summed E-state index contributed by atoms with van der Waals surface area (Å²) in [4.78, 5) is 12.3. The summed E-state index contributed by atoms with van der Waals surface area (Å²) in [5.74, 6) is -0.276. The zero-order valence-corrected chi connectivity index (χ0v) is 14.6. The van der Waals surface area contributed by atoms with Crippen LogP contribution in [0, 0.1) is 5.82 Å². The molecule has 6 heteroatoms. The number of aliphatic hydroxyl groups excluding tert-OH is 1. The third-order valence-corrected chi connectivity index (χ3v) is 5.29. The Kier molecular flexibility index (Phi) is 6.61. The second-order valence-corrected chi connectivity index (χ2v) is 6.92. The van der Waals surface area contributed by atoms with Gasteiger partial charge in [0, 0.05) is 18.5 Å². The molecule has 0 radical (unpaired) electrons. The van der Waals surface area contributed by atoms with Gasteiger partial charge in [-0.05, 0) is 37.0 Å². The Labute approximate surface area is 148 Å². The molecule has 2 atom stereocenters. The third-order valence-electron chi connectivity index (χ3n) is 5.29. The van der Waals surface area contributed by atoms with Gasteiger partial charge in [0.25, 0.3) is 0 Å². The lowest BCUT2D eigenvalue weighted by Crippen LogP contribution is -2.47. The normalized spacial score (nSPS) is 25.8. The number of nitrogens with one attached hydrogen (secondary N) is 2. The first kappa shape index (κ1) is 19.2. The first-order chi connectivity index (χ1) is 11.1. The molecule has 2 unspecified atom stereocenters. The fraction of sp³-hybridized carbons (Fsp3) is 0.611. The number of carbonyl (C=O) groups excluding carboxylic acids is 1. The number of aliphatic hydroxyl groups is 1. The number of hydrogen-bond donors (Lipinski definition) is 3. The van der Waals surface area contributed by atoms with Crippen molar-refractivity contribution in [2.45, 2.75) is 56.1 Å². The molecule has 3 rings (SSSR count). The van der Waals surface area contributed by atoms with E-state index in [2.05, 4.69) is 10.6 Å². The van der Waals surface area contributed by atoms with Gasteiger partial charge in [0.05, 0.1) is 12.1 Å². The van der Waals surface area contributed by atoms with E-state index in [1.165, 1.54) is 18.6 Å². The van der Waals surface area contributed by atoms with Crippen LogP contribution in [-0.2, 0) is 10.2 Å². The molecule has 1 aliphatic carbocycles. The minimum absolute atomic E-state index is 0. The number of halogens is 2. The van der Waals surface area contributed by atoms with Gasteiger partial charge in [-0.25, -0.2) is 4.39 Å². The summed E-state index contributed by atoms with van der Waals surface area (Å²) in [5.41, 5.74) is 1.01. The average molecular weight is 357 g/mol. The number of rotatable bonds is 4. The van der Waals surface area contributed by atoms with Gasteiger partial charge < -0.3 is 15.7 Å². The van der Waals surface area contributed by atoms with Crippen molar-refractivity contribution in [2.24, 2.45) is 0 Å². The molecule has 1 aliphatic heterocycles. The molecule has 0 bridgehead atoms. The maximum absolute atomic E-state index is 13.2. The molecule has 0 aromatic heterocycles. The molecule has 1 saturated carbocycles. The van der Waals surface area contributed by atoms with Crippen molar-refractivity contribution in [2.75, 3.05) is 13.1 Å². The molecule has 4 nitrogen and oxygen atoms in total. The number of hydrogen-bond acceptors (Lipinski definition) is 3. The van der Waals surface area contributed by atoms with Crippen molar-refractivity contribution in [1.29, 1.82) is 0 Å². The van der Waals surface area contributed by atoms with Crippen LogP contribution >= 0.6 is 12.4 Å². The Morgan fingerprint density at radius 2 is 1.92 bits per heavy atom. The van der Waals surface area contributed by atoms with Crippen molar-refractivity contribution in [3.05, 3.63) is 35.6 Å². The molecular weight excluding hydrogens is 331 g/mol. The molecule has 134 valence electrons. The summed E-state index contributed by atoms with van der Waals surface area (Å²) >= 11 is 0. The van der Waals surface area contributed by atoms with E-state index in [9.17, 15) is 14.3 Å². The second kappa shape index (κ2) is 8.28. The predicted molar refractivity (Wildman–Crippen MR) is 93.8 cm³/mol. The summed E-state index contributed by atoms with van der Waals surface area (Å²) in [6, 6.07) is 6.40. The SMILES string of the molecule is Cl.O=C(NCC1(c2ccc(F)cc2)CCCCC1)C1CC(O)CN1. The summed E-state index contributed by atoms with van der Waals surface area (Å²) in [5, 5.41) is 15.6. The van der Waals surface area contributed by atoms with Gasteiger partial charge in [0.1, 0.15) is 5.82 Å². The molecule has 1 heterocycles. The van der Waals surface area contributed by atoms with Crippen LogP contribution in [0.4, 0.5) is 4.39 Å². The highest BCUT2D eigenvalue weighted by Crippen LogP contribution is 2.39. The highest BCUT2D eigenvalue weighted by Gasteiger charge is 2.35.